The minimum atomic E-state index is -0.128. The van der Waals surface area contributed by atoms with Gasteiger partial charge in [-0.05, 0) is 40.7 Å². The number of aromatic nitrogens is 1. The Bertz CT molecular complexity index is 1170. The van der Waals surface area contributed by atoms with Gasteiger partial charge in [0.25, 0.3) is 5.56 Å². The maximum Gasteiger partial charge on any atom is 0.256 e. The quantitative estimate of drug-likeness (QED) is 0.630. The number of H-pyrrole nitrogens is 1. The number of hydrogen-bond acceptors (Lipinski definition) is 2. The number of rotatable bonds is 4. The molecule has 1 atom stereocenters. The summed E-state index contributed by atoms with van der Waals surface area (Å²) < 4.78 is 0. The molecule has 1 saturated heterocycles. The second kappa shape index (κ2) is 8.38. The van der Waals surface area contributed by atoms with Gasteiger partial charge in [0.15, 0.2) is 0 Å². The number of carbonyl (C=O) groups excluding carboxylic acids is 1. The summed E-state index contributed by atoms with van der Waals surface area (Å²) in [5.74, 6) is 0.0663. The van der Waals surface area contributed by atoms with Crippen LogP contribution in [0.3, 0.4) is 0 Å². The molecule has 1 aliphatic heterocycles. The Morgan fingerprint density at radius 2 is 1.65 bits per heavy atom. The average Bonchev–Trinajstić information content (AvgIpc) is 3.17. The third-order valence-electron chi connectivity index (χ3n) is 5.74. The fourth-order valence-electron chi connectivity index (χ4n) is 3.93. The minimum Gasteiger partial charge on any atom is -0.350 e. The van der Waals surface area contributed by atoms with E-state index in [0.29, 0.717) is 12.0 Å². The van der Waals surface area contributed by atoms with Crippen LogP contribution in [0.15, 0.2) is 77.6 Å². The van der Waals surface area contributed by atoms with Crippen LogP contribution < -0.4 is 10.9 Å². The highest BCUT2D eigenvalue weighted by molar-refractivity contribution is 5.82. The molecule has 31 heavy (non-hydrogen) atoms. The van der Waals surface area contributed by atoms with Crippen molar-refractivity contribution in [2.24, 2.45) is 0 Å². The summed E-state index contributed by atoms with van der Waals surface area (Å²) in [7, 11) is 0. The molecule has 1 aliphatic rings. The molecule has 2 aromatic carbocycles. The van der Waals surface area contributed by atoms with Crippen molar-refractivity contribution in [3.63, 3.8) is 0 Å². The molecule has 4 rings (SSSR count). The van der Waals surface area contributed by atoms with Crippen molar-refractivity contribution in [2.75, 3.05) is 0 Å². The predicted molar refractivity (Wildman–Crippen MR) is 126 cm³/mol. The first-order valence-corrected chi connectivity index (χ1v) is 10.7. The summed E-state index contributed by atoms with van der Waals surface area (Å²) in [6.45, 7) is 6.56. The summed E-state index contributed by atoms with van der Waals surface area (Å²) in [6.07, 6.45) is 3.35. The Morgan fingerprint density at radius 1 is 0.935 bits per heavy atom. The molecule has 1 amide bonds. The molecule has 0 bridgehead atoms. The van der Waals surface area contributed by atoms with Gasteiger partial charge in [-0.25, -0.2) is 0 Å². The van der Waals surface area contributed by atoms with Crippen LogP contribution in [0, 0.1) is 0 Å². The molecule has 4 heteroatoms. The van der Waals surface area contributed by atoms with Crippen LogP contribution in [0.1, 0.15) is 50.4 Å². The van der Waals surface area contributed by atoms with Crippen LogP contribution in [-0.4, -0.2) is 16.9 Å². The lowest BCUT2D eigenvalue weighted by molar-refractivity contribution is -0.119. The van der Waals surface area contributed by atoms with Crippen molar-refractivity contribution in [1.82, 2.24) is 10.3 Å². The van der Waals surface area contributed by atoms with E-state index in [4.69, 9.17) is 0 Å². The van der Waals surface area contributed by atoms with Gasteiger partial charge in [-0.15, -0.1) is 0 Å². The Kier molecular flexibility index (Phi) is 5.64. The number of aromatic amines is 1. The second-order valence-corrected chi connectivity index (χ2v) is 9.10. The van der Waals surface area contributed by atoms with Crippen LogP contribution in [-0.2, 0) is 10.2 Å². The minimum absolute atomic E-state index is 0.0397. The summed E-state index contributed by atoms with van der Waals surface area (Å²) in [5, 5.41) is 3.00. The van der Waals surface area contributed by atoms with Gasteiger partial charge >= 0.3 is 0 Å². The molecule has 3 aromatic rings. The number of nitrogens with one attached hydrogen (secondary N) is 2. The van der Waals surface area contributed by atoms with Gasteiger partial charge in [0.05, 0.1) is 0 Å². The normalized spacial score (nSPS) is 16.9. The number of benzene rings is 2. The van der Waals surface area contributed by atoms with E-state index in [1.807, 2.05) is 42.5 Å². The van der Waals surface area contributed by atoms with E-state index < -0.39 is 0 Å². The molecule has 2 heterocycles. The summed E-state index contributed by atoms with van der Waals surface area (Å²) in [5.41, 5.74) is 5.39. The molecule has 0 unspecified atom stereocenters. The Balaban J connectivity index is 1.76. The van der Waals surface area contributed by atoms with E-state index >= 15 is 0 Å². The van der Waals surface area contributed by atoms with Crippen LogP contribution in [0.5, 0.6) is 0 Å². The molecule has 0 spiro atoms. The van der Waals surface area contributed by atoms with Crippen molar-refractivity contribution >= 4 is 11.5 Å². The van der Waals surface area contributed by atoms with E-state index in [1.54, 1.807) is 0 Å². The van der Waals surface area contributed by atoms with E-state index in [-0.39, 0.29) is 22.9 Å². The third-order valence-corrected chi connectivity index (χ3v) is 5.74. The van der Waals surface area contributed by atoms with Gasteiger partial charge in [0.2, 0.25) is 5.91 Å². The monoisotopic (exact) mass is 412 g/mol. The van der Waals surface area contributed by atoms with Crippen LogP contribution >= 0.6 is 0 Å². The first kappa shape index (κ1) is 20.9. The van der Waals surface area contributed by atoms with Gasteiger partial charge in [-0.1, -0.05) is 81.4 Å². The van der Waals surface area contributed by atoms with Crippen molar-refractivity contribution in [1.29, 1.82) is 0 Å². The molecular formula is C27H28N2O2. The van der Waals surface area contributed by atoms with Crippen LogP contribution in [0.2, 0.25) is 0 Å². The van der Waals surface area contributed by atoms with Gasteiger partial charge in [0.1, 0.15) is 0 Å². The number of carbonyl (C=O) groups is 1. The zero-order chi connectivity index (χ0) is 22.0. The first-order chi connectivity index (χ1) is 14.8. The number of amides is 1. The van der Waals surface area contributed by atoms with Crippen LogP contribution in [0.4, 0.5) is 0 Å². The van der Waals surface area contributed by atoms with E-state index in [1.165, 1.54) is 5.56 Å². The molecule has 1 aromatic heterocycles. The lowest BCUT2D eigenvalue weighted by atomic mass is 9.86. The third kappa shape index (κ3) is 4.69. The Labute approximate surface area is 183 Å². The highest BCUT2D eigenvalue weighted by Crippen LogP contribution is 2.28. The lowest BCUT2D eigenvalue weighted by Crippen LogP contribution is -2.23. The highest BCUT2D eigenvalue weighted by atomic mass is 16.2. The standard InChI is InChI=1S/C27H28N2O2/c1-27(2,3)20-11-9-19(10-12-20)23(17-21-13-16-25(30)28-21)24-15-14-22(26(31)29-24)18-7-5-4-6-8-18/h4-12,14-15,17,21H,13,16H2,1-3H3,(H,28,30)(H,29,31)/b23-17+/t21-/m1/s1. The molecule has 0 aliphatic carbocycles. The fraction of sp³-hybridized carbons (Fsp3) is 0.259. The average molecular weight is 413 g/mol. The predicted octanol–water partition coefficient (Wildman–Crippen LogP) is 5.05. The SMILES string of the molecule is CC(C)(C)c1ccc(/C(=C\[C@H]2CCC(=O)N2)c2ccc(-c3ccccc3)c(=O)[nH]2)cc1. The largest absolute Gasteiger partial charge is 0.350 e. The van der Waals surface area contributed by atoms with Crippen molar-refractivity contribution < 1.29 is 4.79 Å². The van der Waals surface area contributed by atoms with E-state index in [9.17, 15) is 9.59 Å². The lowest BCUT2D eigenvalue weighted by Gasteiger charge is -2.20. The molecule has 0 saturated carbocycles. The summed E-state index contributed by atoms with van der Waals surface area (Å²) in [6, 6.07) is 21.9. The Hall–Kier alpha value is -3.40. The van der Waals surface area contributed by atoms with E-state index in [2.05, 4.69) is 61.4 Å². The summed E-state index contributed by atoms with van der Waals surface area (Å²) >= 11 is 0. The summed E-state index contributed by atoms with van der Waals surface area (Å²) in [4.78, 5) is 27.7. The fourth-order valence-corrected chi connectivity index (χ4v) is 3.93. The molecular weight excluding hydrogens is 384 g/mol. The number of pyridine rings is 1. The molecule has 1 fully saturated rings. The highest BCUT2D eigenvalue weighted by Gasteiger charge is 2.21. The molecule has 0 radical (unpaired) electrons. The maximum absolute atomic E-state index is 12.9. The van der Waals surface area contributed by atoms with Crippen molar-refractivity contribution in [3.05, 3.63) is 100.0 Å². The second-order valence-electron chi connectivity index (χ2n) is 9.10. The molecule has 2 N–H and O–H groups in total. The Morgan fingerprint density at radius 3 is 2.23 bits per heavy atom. The molecule has 158 valence electrons. The first-order valence-electron chi connectivity index (χ1n) is 10.7. The van der Waals surface area contributed by atoms with Gasteiger partial charge in [-0.2, -0.15) is 0 Å². The number of hydrogen-bond donors (Lipinski definition) is 2. The van der Waals surface area contributed by atoms with Crippen LogP contribution in [0.25, 0.3) is 16.7 Å². The van der Waals surface area contributed by atoms with Gasteiger partial charge in [0, 0.05) is 29.3 Å². The van der Waals surface area contributed by atoms with Crippen molar-refractivity contribution in [3.8, 4) is 11.1 Å². The maximum atomic E-state index is 12.9. The van der Waals surface area contributed by atoms with E-state index in [0.717, 1.165) is 28.8 Å². The molecule has 4 nitrogen and oxygen atoms in total. The smallest absolute Gasteiger partial charge is 0.256 e. The topological polar surface area (TPSA) is 62.0 Å². The van der Waals surface area contributed by atoms with Crippen molar-refractivity contribution in [2.45, 2.75) is 45.1 Å². The van der Waals surface area contributed by atoms with Gasteiger partial charge in [-0.3, -0.25) is 9.59 Å². The zero-order valence-corrected chi connectivity index (χ0v) is 18.2. The zero-order valence-electron chi connectivity index (χ0n) is 18.2. The van der Waals surface area contributed by atoms with Gasteiger partial charge < -0.3 is 10.3 Å².